The Labute approximate surface area is 198 Å². The molecule has 10 nitrogen and oxygen atoms in total. The van der Waals surface area contributed by atoms with Gasteiger partial charge in [-0.3, -0.25) is 19.7 Å². The van der Waals surface area contributed by atoms with Crippen molar-refractivity contribution in [2.75, 3.05) is 19.0 Å². The fraction of sp³-hybridized carbons (Fsp3) is 0.318. The zero-order chi connectivity index (χ0) is 24.4. The van der Waals surface area contributed by atoms with Crippen LogP contribution in [0.1, 0.15) is 25.3 Å². The van der Waals surface area contributed by atoms with E-state index in [1.807, 2.05) is 0 Å². The van der Waals surface area contributed by atoms with Crippen molar-refractivity contribution in [1.29, 1.82) is 0 Å². The van der Waals surface area contributed by atoms with Crippen molar-refractivity contribution in [1.82, 2.24) is 5.32 Å². The van der Waals surface area contributed by atoms with E-state index in [-0.39, 0.29) is 43.2 Å². The van der Waals surface area contributed by atoms with Gasteiger partial charge in [0.25, 0.3) is 0 Å². The molecule has 2 rings (SSSR count). The van der Waals surface area contributed by atoms with Crippen LogP contribution in [-0.2, 0) is 25.5 Å². The van der Waals surface area contributed by atoms with Gasteiger partial charge in [0.15, 0.2) is 5.75 Å². The van der Waals surface area contributed by atoms with Crippen molar-refractivity contribution in [2.24, 2.45) is 0 Å². The summed E-state index contributed by atoms with van der Waals surface area (Å²) in [5.41, 5.74) is 0.775. The maximum atomic E-state index is 12.4. The summed E-state index contributed by atoms with van der Waals surface area (Å²) in [5.74, 6) is -1.48. The summed E-state index contributed by atoms with van der Waals surface area (Å²) in [6.45, 7) is 1.73. The van der Waals surface area contributed by atoms with Crippen molar-refractivity contribution in [3.8, 4) is 5.75 Å². The van der Waals surface area contributed by atoms with Gasteiger partial charge in [-0.15, -0.1) is 0 Å². The summed E-state index contributed by atoms with van der Waals surface area (Å²) in [4.78, 5) is 47.5. The number of benzene rings is 2. The van der Waals surface area contributed by atoms with E-state index < -0.39 is 22.8 Å². The minimum absolute atomic E-state index is 0.0273. The topological polar surface area (TPSA) is 137 Å². The van der Waals surface area contributed by atoms with Gasteiger partial charge in [0.2, 0.25) is 11.8 Å². The Morgan fingerprint density at radius 3 is 2.36 bits per heavy atom. The van der Waals surface area contributed by atoms with Gasteiger partial charge in [-0.05, 0) is 42.8 Å². The molecule has 0 spiro atoms. The van der Waals surface area contributed by atoms with Crippen LogP contribution in [0.4, 0.5) is 11.4 Å². The number of esters is 1. The molecule has 0 heterocycles. The first kappa shape index (κ1) is 25.8. The standard InChI is InChI=1S/C22H24BrN3O7/c1-3-33-22(29)17(12-14-4-9-19(32-2)18(13-14)26(30)31)25-21(28)11-10-20(27)24-16-7-5-15(23)6-8-16/h4-9,13,17H,3,10-12H2,1-2H3,(H,24,27)(H,25,28). The van der Waals surface area contributed by atoms with Crippen molar-refractivity contribution in [3.63, 3.8) is 0 Å². The number of amides is 2. The number of halogens is 1. The maximum absolute atomic E-state index is 12.4. The molecule has 0 aliphatic rings. The molecular formula is C22H24BrN3O7. The third kappa shape index (κ3) is 8.19. The lowest BCUT2D eigenvalue weighted by atomic mass is 10.0. The molecule has 2 aromatic carbocycles. The van der Waals surface area contributed by atoms with Crippen molar-refractivity contribution < 1.29 is 28.8 Å². The van der Waals surface area contributed by atoms with Crippen LogP contribution in [0.2, 0.25) is 0 Å². The van der Waals surface area contributed by atoms with Crippen LogP contribution in [0.5, 0.6) is 5.75 Å². The number of nitrogens with zero attached hydrogens (tertiary/aromatic N) is 1. The highest BCUT2D eigenvalue weighted by Crippen LogP contribution is 2.28. The van der Waals surface area contributed by atoms with Crippen LogP contribution >= 0.6 is 15.9 Å². The molecule has 0 radical (unpaired) electrons. The average molecular weight is 522 g/mol. The average Bonchev–Trinajstić information content (AvgIpc) is 2.79. The Kier molecular flexibility index (Phi) is 9.80. The van der Waals surface area contributed by atoms with E-state index in [0.29, 0.717) is 11.3 Å². The normalized spacial score (nSPS) is 11.2. The molecule has 1 atom stereocenters. The number of methoxy groups -OCH3 is 1. The minimum Gasteiger partial charge on any atom is -0.490 e. The maximum Gasteiger partial charge on any atom is 0.328 e. The molecule has 1 unspecified atom stereocenters. The van der Waals surface area contributed by atoms with Gasteiger partial charge in [-0.25, -0.2) is 4.79 Å². The highest BCUT2D eigenvalue weighted by Gasteiger charge is 2.24. The Balaban J connectivity index is 2.01. The summed E-state index contributed by atoms with van der Waals surface area (Å²) < 4.78 is 10.9. The fourth-order valence-electron chi connectivity index (χ4n) is 2.93. The molecule has 0 fully saturated rings. The van der Waals surface area contributed by atoms with Crippen LogP contribution in [0.25, 0.3) is 0 Å². The van der Waals surface area contributed by atoms with Gasteiger partial charge in [0, 0.05) is 35.5 Å². The quantitative estimate of drug-likeness (QED) is 0.262. The minimum atomic E-state index is -1.07. The predicted octanol–water partition coefficient (Wildman–Crippen LogP) is 3.38. The van der Waals surface area contributed by atoms with Crippen LogP contribution in [-0.4, -0.2) is 42.5 Å². The largest absolute Gasteiger partial charge is 0.490 e. The van der Waals surface area contributed by atoms with Crippen molar-refractivity contribution >= 4 is 45.1 Å². The summed E-state index contributed by atoms with van der Waals surface area (Å²) in [6.07, 6.45) is -0.271. The second-order valence-electron chi connectivity index (χ2n) is 6.89. The lowest BCUT2D eigenvalue weighted by molar-refractivity contribution is -0.385. The lowest BCUT2D eigenvalue weighted by Gasteiger charge is -2.17. The first-order valence-corrected chi connectivity index (χ1v) is 10.9. The first-order chi connectivity index (χ1) is 15.7. The van der Waals surface area contributed by atoms with Gasteiger partial charge in [-0.2, -0.15) is 0 Å². The zero-order valence-corrected chi connectivity index (χ0v) is 19.7. The van der Waals surface area contributed by atoms with Crippen LogP contribution in [0, 0.1) is 10.1 Å². The molecule has 0 bridgehead atoms. The fourth-order valence-corrected chi connectivity index (χ4v) is 3.19. The number of hydrogen-bond acceptors (Lipinski definition) is 7. The molecule has 0 saturated carbocycles. The first-order valence-electron chi connectivity index (χ1n) is 10.1. The van der Waals surface area contributed by atoms with E-state index >= 15 is 0 Å². The van der Waals surface area contributed by atoms with Gasteiger partial charge >= 0.3 is 11.7 Å². The van der Waals surface area contributed by atoms with E-state index in [1.54, 1.807) is 37.3 Å². The molecule has 0 saturated heterocycles. The Morgan fingerprint density at radius 2 is 1.76 bits per heavy atom. The molecule has 2 amide bonds. The number of nitro benzene ring substituents is 1. The van der Waals surface area contributed by atoms with E-state index in [0.717, 1.165) is 4.47 Å². The number of carbonyl (C=O) groups is 3. The summed E-state index contributed by atoms with van der Waals surface area (Å²) >= 11 is 3.31. The monoisotopic (exact) mass is 521 g/mol. The SMILES string of the molecule is CCOC(=O)C(Cc1ccc(OC)c([N+](=O)[O-])c1)NC(=O)CCC(=O)Nc1ccc(Br)cc1. The third-order valence-corrected chi connectivity index (χ3v) is 5.02. The number of nitrogens with one attached hydrogen (secondary N) is 2. The van der Waals surface area contributed by atoms with E-state index in [9.17, 15) is 24.5 Å². The number of nitro groups is 1. The zero-order valence-electron chi connectivity index (χ0n) is 18.1. The van der Waals surface area contributed by atoms with Crippen LogP contribution in [0.15, 0.2) is 46.9 Å². The Hall–Kier alpha value is -3.47. The van der Waals surface area contributed by atoms with E-state index in [1.165, 1.54) is 19.2 Å². The smallest absolute Gasteiger partial charge is 0.328 e. The third-order valence-electron chi connectivity index (χ3n) is 4.49. The number of carbonyl (C=O) groups excluding carboxylic acids is 3. The van der Waals surface area contributed by atoms with E-state index in [2.05, 4.69) is 26.6 Å². The number of ether oxygens (including phenoxy) is 2. The Bertz CT molecular complexity index is 1010. The molecule has 0 aliphatic carbocycles. The van der Waals surface area contributed by atoms with Gasteiger partial charge in [-0.1, -0.05) is 22.0 Å². The van der Waals surface area contributed by atoms with Gasteiger partial charge in [0.1, 0.15) is 6.04 Å². The molecule has 176 valence electrons. The second-order valence-corrected chi connectivity index (χ2v) is 7.81. The predicted molar refractivity (Wildman–Crippen MR) is 124 cm³/mol. The second kappa shape index (κ2) is 12.5. The van der Waals surface area contributed by atoms with Crippen LogP contribution < -0.4 is 15.4 Å². The van der Waals surface area contributed by atoms with Crippen LogP contribution in [0.3, 0.4) is 0 Å². The van der Waals surface area contributed by atoms with Crippen molar-refractivity contribution in [2.45, 2.75) is 32.2 Å². The summed E-state index contributed by atoms with van der Waals surface area (Å²) in [5, 5.41) is 16.5. The van der Waals surface area contributed by atoms with E-state index in [4.69, 9.17) is 9.47 Å². The summed E-state index contributed by atoms with van der Waals surface area (Å²) in [7, 11) is 1.32. The van der Waals surface area contributed by atoms with Gasteiger partial charge in [0.05, 0.1) is 18.6 Å². The Morgan fingerprint density at radius 1 is 1.09 bits per heavy atom. The molecule has 11 heteroatoms. The molecular weight excluding hydrogens is 498 g/mol. The molecule has 2 aromatic rings. The molecule has 0 aromatic heterocycles. The lowest BCUT2D eigenvalue weighted by Crippen LogP contribution is -2.43. The summed E-state index contributed by atoms with van der Waals surface area (Å²) in [6, 6.07) is 10.2. The number of rotatable bonds is 11. The molecule has 0 aliphatic heterocycles. The molecule has 2 N–H and O–H groups in total. The number of hydrogen-bond donors (Lipinski definition) is 2. The highest BCUT2D eigenvalue weighted by molar-refractivity contribution is 9.10. The number of anilines is 1. The van der Waals surface area contributed by atoms with Gasteiger partial charge < -0.3 is 20.1 Å². The van der Waals surface area contributed by atoms with Crippen molar-refractivity contribution in [3.05, 3.63) is 62.6 Å². The highest BCUT2D eigenvalue weighted by atomic mass is 79.9. The molecule has 33 heavy (non-hydrogen) atoms.